The highest BCUT2D eigenvalue weighted by molar-refractivity contribution is 6.36. The van der Waals surface area contributed by atoms with Crippen LogP contribution in [0.5, 0.6) is 0 Å². The Morgan fingerprint density at radius 1 is 0.389 bits per heavy atom. The third kappa shape index (κ3) is 3.08. The Morgan fingerprint density at radius 3 is 1.50 bits per heavy atom. The Hall–Kier alpha value is -4.16. The zero-order chi connectivity index (χ0) is 24.6. The Morgan fingerprint density at radius 2 is 0.889 bits per heavy atom. The molecule has 172 valence electrons. The molecule has 0 amide bonds. The van der Waals surface area contributed by atoms with Gasteiger partial charge in [-0.25, -0.2) is 0 Å². The van der Waals surface area contributed by atoms with Gasteiger partial charge in [0.15, 0.2) is 0 Å². The van der Waals surface area contributed by atoms with E-state index in [1.54, 1.807) is 0 Å². The molecular formula is C36H28. The van der Waals surface area contributed by atoms with Gasteiger partial charge in [0.05, 0.1) is 0 Å². The first-order valence-corrected chi connectivity index (χ1v) is 12.8. The summed E-state index contributed by atoms with van der Waals surface area (Å²) in [6.07, 6.45) is 0. The second kappa shape index (κ2) is 7.67. The fourth-order valence-corrected chi connectivity index (χ4v) is 6.50. The third-order valence-corrected chi connectivity index (χ3v) is 7.67. The summed E-state index contributed by atoms with van der Waals surface area (Å²) in [6, 6.07) is 36.7. The second-order valence-electron chi connectivity index (χ2n) is 10.5. The zero-order valence-electron chi connectivity index (χ0n) is 21.2. The van der Waals surface area contributed by atoms with E-state index in [1.165, 1.54) is 87.6 Å². The van der Waals surface area contributed by atoms with Crippen LogP contribution in [-0.4, -0.2) is 0 Å². The number of benzene rings is 7. The van der Waals surface area contributed by atoms with Crippen molar-refractivity contribution in [2.75, 3.05) is 0 Å². The quantitative estimate of drug-likeness (QED) is 0.178. The molecule has 0 aromatic heterocycles. The Bertz CT molecular complexity index is 1920. The first-order chi connectivity index (χ1) is 17.5. The smallest absolute Gasteiger partial charge is 0.000785 e. The summed E-state index contributed by atoms with van der Waals surface area (Å²) < 4.78 is 0. The highest BCUT2D eigenvalue weighted by Crippen LogP contribution is 2.48. The van der Waals surface area contributed by atoms with Crippen LogP contribution in [0.15, 0.2) is 97.1 Å². The van der Waals surface area contributed by atoms with E-state index >= 15 is 0 Å². The van der Waals surface area contributed by atoms with Crippen molar-refractivity contribution >= 4 is 43.1 Å². The highest BCUT2D eigenvalue weighted by Gasteiger charge is 2.20. The molecule has 0 nitrogen and oxygen atoms in total. The highest BCUT2D eigenvalue weighted by atomic mass is 14.2. The molecule has 7 aromatic rings. The maximum absolute atomic E-state index is 2.43. The van der Waals surface area contributed by atoms with Crippen LogP contribution in [0.25, 0.3) is 65.3 Å². The Balaban J connectivity index is 1.81. The van der Waals surface area contributed by atoms with Crippen molar-refractivity contribution in [2.45, 2.75) is 27.7 Å². The first kappa shape index (κ1) is 21.1. The lowest BCUT2D eigenvalue weighted by atomic mass is 9.81. The molecule has 36 heavy (non-hydrogen) atoms. The molecule has 0 aliphatic heterocycles. The Labute approximate surface area is 212 Å². The molecule has 0 saturated heterocycles. The molecule has 7 rings (SSSR count). The standard InChI is InChI=1S/C36H28/c1-21-14-22(2)17-27(16-21)32-20-26-10-7-12-30-29-11-5-8-25-9-6-13-31(33(25)29)36(34(26)30)35(32)28-18-23(3)15-24(4)19-28/h5-20H,1-4H3. The summed E-state index contributed by atoms with van der Waals surface area (Å²) in [4.78, 5) is 0. The normalized spacial score (nSPS) is 11.9. The summed E-state index contributed by atoms with van der Waals surface area (Å²) >= 11 is 0. The van der Waals surface area contributed by atoms with Gasteiger partial charge in [0.1, 0.15) is 0 Å². The second-order valence-corrected chi connectivity index (χ2v) is 10.5. The van der Waals surface area contributed by atoms with E-state index in [4.69, 9.17) is 0 Å². The van der Waals surface area contributed by atoms with E-state index < -0.39 is 0 Å². The van der Waals surface area contributed by atoms with Gasteiger partial charge < -0.3 is 0 Å². The van der Waals surface area contributed by atoms with Crippen molar-refractivity contribution in [3.63, 3.8) is 0 Å². The molecule has 0 N–H and O–H groups in total. The largest absolute Gasteiger partial charge is 0.0610 e. The lowest BCUT2D eigenvalue weighted by molar-refractivity contribution is 1.38. The molecule has 0 saturated carbocycles. The zero-order valence-corrected chi connectivity index (χ0v) is 21.2. The molecule has 0 fully saturated rings. The van der Waals surface area contributed by atoms with Crippen molar-refractivity contribution in [3.8, 4) is 22.3 Å². The molecule has 0 heteroatoms. The van der Waals surface area contributed by atoms with E-state index in [1.807, 2.05) is 0 Å². The van der Waals surface area contributed by atoms with Gasteiger partial charge in [-0.15, -0.1) is 0 Å². The monoisotopic (exact) mass is 460 g/mol. The predicted molar refractivity (Wildman–Crippen MR) is 157 cm³/mol. The van der Waals surface area contributed by atoms with E-state index in [9.17, 15) is 0 Å². The average Bonchev–Trinajstić information content (AvgIpc) is 2.85. The van der Waals surface area contributed by atoms with Crippen LogP contribution in [0.1, 0.15) is 22.3 Å². The van der Waals surface area contributed by atoms with Crippen LogP contribution < -0.4 is 0 Å². The molecule has 0 aliphatic rings. The molecule has 0 atom stereocenters. The van der Waals surface area contributed by atoms with Crippen molar-refractivity contribution in [3.05, 3.63) is 119 Å². The number of aryl methyl sites for hydroxylation is 4. The lowest BCUT2D eigenvalue weighted by Crippen LogP contribution is -1.95. The van der Waals surface area contributed by atoms with Crippen LogP contribution in [0.2, 0.25) is 0 Å². The topological polar surface area (TPSA) is 0 Å². The molecule has 0 unspecified atom stereocenters. The van der Waals surface area contributed by atoms with Crippen molar-refractivity contribution in [2.24, 2.45) is 0 Å². The van der Waals surface area contributed by atoms with Crippen molar-refractivity contribution in [1.82, 2.24) is 0 Å². The maximum atomic E-state index is 2.43. The summed E-state index contributed by atoms with van der Waals surface area (Å²) in [6.45, 7) is 8.82. The van der Waals surface area contributed by atoms with Gasteiger partial charge in [0.2, 0.25) is 0 Å². The minimum absolute atomic E-state index is 1.29. The van der Waals surface area contributed by atoms with Gasteiger partial charge in [-0.05, 0) is 99.1 Å². The van der Waals surface area contributed by atoms with Crippen LogP contribution in [0.4, 0.5) is 0 Å². The number of hydrogen-bond acceptors (Lipinski definition) is 0. The van der Waals surface area contributed by atoms with Gasteiger partial charge in [-0.2, -0.15) is 0 Å². The molecular weight excluding hydrogens is 432 g/mol. The van der Waals surface area contributed by atoms with E-state index in [0.717, 1.165) is 0 Å². The number of rotatable bonds is 2. The predicted octanol–water partition coefficient (Wildman–Crippen LogP) is 10.3. The minimum atomic E-state index is 1.29. The van der Waals surface area contributed by atoms with Gasteiger partial charge in [0.25, 0.3) is 0 Å². The summed E-state index contributed by atoms with van der Waals surface area (Å²) in [5, 5.41) is 10.7. The van der Waals surface area contributed by atoms with Crippen molar-refractivity contribution in [1.29, 1.82) is 0 Å². The van der Waals surface area contributed by atoms with Gasteiger partial charge in [-0.1, -0.05) is 113 Å². The van der Waals surface area contributed by atoms with Crippen LogP contribution in [0, 0.1) is 27.7 Å². The van der Waals surface area contributed by atoms with E-state index in [-0.39, 0.29) is 0 Å². The van der Waals surface area contributed by atoms with Crippen LogP contribution >= 0.6 is 0 Å². The molecule has 7 aromatic carbocycles. The van der Waals surface area contributed by atoms with Crippen LogP contribution in [0.3, 0.4) is 0 Å². The molecule has 0 radical (unpaired) electrons. The summed E-state index contributed by atoms with van der Waals surface area (Å²) in [7, 11) is 0. The number of hydrogen-bond donors (Lipinski definition) is 0. The maximum Gasteiger partial charge on any atom is -0.000785 e. The van der Waals surface area contributed by atoms with Gasteiger partial charge in [0, 0.05) is 0 Å². The molecule has 0 spiro atoms. The van der Waals surface area contributed by atoms with Crippen LogP contribution in [-0.2, 0) is 0 Å². The van der Waals surface area contributed by atoms with E-state index in [0.29, 0.717) is 0 Å². The van der Waals surface area contributed by atoms with E-state index in [2.05, 4.69) is 125 Å². The van der Waals surface area contributed by atoms with Gasteiger partial charge >= 0.3 is 0 Å². The first-order valence-electron chi connectivity index (χ1n) is 12.8. The minimum Gasteiger partial charge on any atom is -0.0610 e. The summed E-state index contributed by atoms with van der Waals surface area (Å²) in [5.41, 5.74) is 10.4. The molecule has 0 heterocycles. The fourth-order valence-electron chi connectivity index (χ4n) is 6.50. The third-order valence-electron chi connectivity index (χ3n) is 7.67. The summed E-state index contributed by atoms with van der Waals surface area (Å²) in [5.74, 6) is 0. The Kier molecular flexibility index (Phi) is 4.51. The average molecular weight is 461 g/mol. The number of fused-ring (bicyclic) bond motifs is 2. The SMILES string of the molecule is Cc1cc(C)cc(-c2cc3cccc4c5cccc6cccc(c(c2-c2cc(C)cc(C)c2)c34)c65)c1. The lowest BCUT2D eigenvalue weighted by Gasteiger charge is -2.21. The fraction of sp³-hybridized carbons (Fsp3) is 0.111. The molecule has 0 aliphatic carbocycles. The van der Waals surface area contributed by atoms with Crippen molar-refractivity contribution < 1.29 is 0 Å². The van der Waals surface area contributed by atoms with Gasteiger partial charge in [-0.3, -0.25) is 0 Å². The molecule has 0 bridgehead atoms.